The van der Waals surface area contributed by atoms with Crippen LogP contribution in [-0.4, -0.2) is 22.1 Å². The van der Waals surface area contributed by atoms with Crippen LogP contribution in [0.25, 0.3) is 0 Å². The zero-order valence-corrected chi connectivity index (χ0v) is 12.5. The molecular weight excluding hydrogens is 280 g/mol. The van der Waals surface area contributed by atoms with Gasteiger partial charge in [-0.15, -0.1) is 0 Å². The van der Waals surface area contributed by atoms with E-state index in [9.17, 15) is 14.7 Å². The van der Waals surface area contributed by atoms with Crippen molar-refractivity contribution in [2.45, 2.75) is 25.5 Å². The summed E-state index contributed by atoms with van der Waals surface area (Å²) in [6.07, 6.45) is 1.84. The minimum Gasteiger partial charge on any atom is -0.384 e. The lowest BCUT2D eigenvalue weighted by atomic mass is 9.96. The van der Waals surface area contributed by atoms with Gasteiger partial charge in [-0.1, -0.05) is 36.4 Å². The molecule has 1 aromatic heterocycles. The van der Waals surface area contributed by atoms with E-state index in [4.69, 9.17) is 0 Å². The Morgan fingerprint density at radius 2 is 1.86 bits per heavy atom. The summed E-state index contributed by atoms with van der Waals surface area (Å²) in [5.41, 5.74) is -0.512. The van der Waals surface area contributed by atoms with Gasteiger partial charge in [-0.25, -0.2) is 0 Å². The molecule has 2 rings (SSSR count). The fourth-order valence-electron chi connectivity index (χ4n) is 2.13. The summed E-state index contributed by atoms with van der Waals surface area (Å²) >= 11 is 0. The molecular formula is C17H20N2O3. The molecule has 1 heterocycles. The first-order chi connectivity index (χ1) is 10.5. The molecule has 5 heteroatoms. The van der Waals surface area contributed by atoms with E-state index >= 15 is 0 Å². The van der Waals surface area contributed by atoms with Crippen molar-refractivity contribution in [3.8, 4) is 0 Å². The van der Waals surface area contributed by atoms with Crippen LogP contribution >= 0.6 is 0 Å². The fraction of sp³-hybridized carbons (Fsp3) is 0.294. The molecule has 1 amide bonds. The van der Waals surface area contributed by atoms with Crippen LogP contribution in [0.3, 0.4) is 0 Å². The van der Waals surface area contributed by atoms with Gasteiger partial charge in [0.1, 0.15) is 5.60 Å². The van der Waals surface area contributed by atoms with Crippen molar-refractivity contribution in [2.24, 2.45) is 0 Å². The average molecular weight is 300 g/mol. The molecule has 116 valence electrons. The van der Waals surface area contributed by atoms with Crippen LogP contribution in [0.5, 0.6) is 0 Å². The molecule has 1 aromatic carbocycles. The van der Waals surface area contributed by atoms with Gasteiger partial charge >= 0.3 is 0 Å². The molecule has 0 fully saturated rings. The number of aliphatic hydroxyl groups is 1. The van der Waals surface area contributed by atoms with Crippen LogP contribution < -0.4 is 10.9 Å². The normalized spacial score (nSPS) is 13.4. The smallest absolute Gasteiger partial charge is 0.250 e. The van der Waals surface area contributed by atoms with Gasteiger partial charge in [0.25, 0.3) is 5.56 Å². The Kier molecular flexibility index (Phi) is 5.12. The predicted octanol–water partition coefficient (Wildman–Crippen LogP) is 1.26. The number of aromatic nitrogens is 1. The van der Waals surface area contributed by atoms with Crippen LogP contribution in [0.2, 0.25) is 0 Å². The molecule has 0 bridgehead atoms. The van der Waals surface area contributed by atoms with Crippen molar-refractivity contribution in [1.29, 1.82) is 0 Å². The SMILES string of the molecule is CC(O)(CNC(=O)CCn1ccccc1=O)c1ccccc1. The number of aryl methyl sites for hydroxylation is 1. The van der Waals surface area contributed by atoms with Gasteiger partial charge in [0.15, 0.2) is 0 Å². The first-order valence-corrected chi connectivity index (χ1v) is 7.19. The molecule has 0 aliphatic carbocycles. The predicted molar refractivity (Wildman–Crippen MR) is 84.3 cm³/mol. The Hall–Kier alpha value is -2.40. The number of nitrogens with zero attached hydrogens (tertiary/aromatic N) is 1. The van der Waals surface area contributed by atoms with Gasteiger partial charge in [-0.3, -0.25) is 9.59 Å². The van der Waals surface area contributed by atoms with E-state index in [1.54, 1.807) is 25.3 Å². The van der Waals surface area contributed by atoms with Crippen LogP contribution in [0.4, 0.5) is 0 Å². The molecule has 0 spiro atoms. The lowest BCUT2D eigenvalue weighted by molar-refractivity contribution is -0.122. The molecule has 0 aliphatic heterocycles. The monoisotopic (exact) mass is 300 g/mol. The molecule has 2 N–H and O–H groups in total. The van der Waals surface area contributed by atoms with Gasteiger partial charge in [-0.2, -0.15) is 0 Å². The van der Waals surface area contributed by atoms with E-state index in [1.807, 2.05) is 30.3 Å². The summed E-state index contributed by atoms with van der Waals surface area (Å²) in [6.45, 7) is 2.10. The lowest BCUT2D eigenvalue weighted by Gasteiger charge is -2.24. The summed E-state index contributed by atoms with van der Waals surface area (Å²) in [6, 6.07) is 14.1. The van der Waals surface area contributed by atoms with Gasteiger partial charge in [-0.05, 0) is 18.6 Å². The second-order valence-corrected chi connectivity index (χ2v) is 5.40. The zero-order chi connectivity index (χ0) is 16.0. The van der Waals surface area contributed by atoms with Crippen LogP contribution in [0.15, 0.2) is 59.5 Å². The standard InChI is InChI=1S/C17H20N2O3/c1-17(22,14-7-3-2-4-8-14)13-18-15(20)10-12-19-11-6-5-9-16(19)21/h2-9,11,22H,10,12-13H2,1H3,(H,18,20). The van der Waals surface area contributed by atoms with Crippen molar-refractivity contribution in [3.05, 3.63) is 70.6 Å². The third-order valence-electron chi connectivity index (χ3n) is 3.50. The Morgan fingerprint density at radius 3 is 2.55 bits per heavy atom. The molecule has 0 saturated heterocycles. The number of carbonyl (C=O) groups is 1. The van der Waals surface area contributed by atoms with E-state index < -0.39 is 5.60 Å². The first-order valence-electron chi connectivity index (χ1n) is 7.19. The number of pyridine rings is 1. The number of benzene rings is 1. The average Bonchev–Trinajstić information content (AvgIpc) is 2.53. The highest BCUT2D eigenvalue weighted by Gasteiger charge is 2.23. The maximum absolute atomic E-state index is 11.9. The number of carbonyl (C=O) groups excluding carboxylic acids is 1. The van der Waals surface area contributed by atoms with E-state index in [2.05, 4.69) is 5.32 Å². The minimum absolute atomic E-state index is 0.125. The molecule has 5 nitrogen and oxygen atoms in total. The van der Waals surface area contributed by atoms with Gasteiger partial charge in [0.05, 0.1) is 6.54 Å². The summed E-state index contributed by atoms with van der Waals surface area (Å²) in [5, 5.41) is 13.1. The Labute approximate surface area is 129 Å². The fourth-order valence-corrected chi connectivity index (χ4v) is 2.13. The Bertz CT molecular complexity index is 678. The third kappa shape index (κ3) is 4.30. The van der Waals surface area contributed by atoms with Gasteiger partial charge in [0.2, 0.25) is 5.91 Å². The van der Waals surface area contributed by atoms with Crippen LogP contribution in [0, 0.1) is 0 Å². The molecule has 1 atom stereocenters. The second-order valence-electron chi connectivity index (χ2n) is 5.40. The first kappa shape index (κ1) is 16.0. The number of nitrogens with one attached hydrogen (secondary N) is 1. The van der Waals surface area contributed by atoms with Crippen LogP contribution in [-0.2, 0) is 16.9 Å². The molecule has 0 radical (unpaired) electrons. The molecule has 0 aliphatic rings. The summed E-state index contributed by atoms with van der Waals surface area (Å²) in [5.74, 6) is -0.202. The van der Waals surface area contributed by atoms with E-state index in [0.717, 1.165) is 5.56 Å². The highest BCUT2D eigenvalue weighted by atomic mass is 16.3. The van der Waals surface area contributed by atoms with E-state index in [0.29, 0.717) is 6.54 Å². The van der Waals surface area contributed by atoms with E-state index in [-0.39, 0.29) is 24.4 Å². The second kappa shape index (κ2) is 7.04. The zero-order valence-electron chi connectivity index (χ0n) is 12.5. The molecule has 22 heavy (non-hydrogen) atoms. The van der Waals surface area contributed by atoms with Crippen LogP contribution in [0.1, 0.15) is 18.9 Å². The number of hydrogen-bond donors (Lipinski definition) is 2. The summed E-state index contributed by atoms with van der Waals surface area (Å²) < 4.78 is 1.48. The Morgan fingerprint density at radius 1 is 1.18 bits per heavy atom. The highest BCUT2D eigenvalue weighted by Crippen LogP contribution is 2.18. The third-order valence-corrected chi connectivity index (χ3v) is 3.50. The minimum atomic E-state index is -1.12. The van der Waals surface area contributed by atoms with Gasteiger partial charge < -0.3 is 15.0 Å². The maximum atomic E-state index is 11.9. The largest absolute Gasteiger partial charge is 0.384 e. The summed E-state index contributed by atoms with van der Waals surface area (Å²) in [7, 11) is 0. The summed E-state index contributed by atoms with van der Waals surface area (Å²) in [4.78, 5) is 23.4. The van der Waals surface area contributed by atoms with Crippen molar-refractivity contribution < 1.29 is 9.90 Å². The van der Waals surface area contributed by atoms with Crippen molar-refractivity contribution in [3.63, 3.8) is 0 Å². The highest BCUT2D eigenvalue weighted by molar-refractivity contribution is 5.75. The quantitative estimate of drug-likeness (QED) is 0.844. The number of hydrogen-bond acceptors (Lipinski definition) is 3. The number of rotatable bonds is 6. The topological polar surface area (TPSA) is 71.3 Å². The van der Waals surface area contributed by atoms with Crippen molar-refractivity contribution in [2.75, 3.05) is 6.54 Å². The van der Waals surface area contributed by atoms with E-state index in [1.165, 1.54) is 10.6 Å². The van der Waals surface area contributed by atoms with Crippen molar-refractivity contribution in [1.82, 2.24) is 9.88 Å². The lowest BCUT2D eigenvalue weighted by Crippen LogP contribution is -2.39. The molecule has 1 unspecified atom stereocenters. The molecule has 2 aromatic rings. The van der Waals surface area contributed by atoms with Gasteiger partial charge in [0, 0.05) is 25.2 Å². The van der Waals surface area contributed by atoms with Crippen molar-refractivity contribution >= 4 is 5.91 Å². The molecule has 0 saturated carbocycles. The Balaban J connectivity index is 1.85. The maximum Gasteiger partial charge on any atom is 0.250 e. The number of amides is 1.